The Morgan fingerprint density at radius 2 is 2.50 bits per heavy atom. The van der Waals surface area contributed by atoms with Crippen molar-refractivity contribution in [2.24, 2.45) is 5.73 Å². The lowest BCUT2D eigenvalue weighted by Gasteiger charge is -1.97. The van der Waals surface area contributed by atoms with Crippen molar-refractivity contribution >= 4 is 23.1 Å². The first kappa shape index (κ1) is 10.0. The van der Waals surface area contributed by atoms with Gasteiger partial charge in [-0.3, -0.25) is 0 Å². The summed E-state index contributed by atoms with van der Waals surface area (Å²) in [6, 6.07) is 0.0710. The molecule has 1 rings (SSSR count). The Kier molecular flexibility index (Phi) is 4.05. The molecule has 0 spiro atoms. The molecule has 1 aromatic heterocycles. The van der Waals surface area contributed by atoms with Crippen LogP contribution in [0, 0.1) is 0 Å². The Labute approximate surface area is 81.6 Å². The summed E-state index contributed by atoms with van der Waals surface area (Å²) in [4.78, 5) is 4.42. The van der Waals surface area contributed by atoms with Gasteiger partial charge in [-0.05, 0) is 12.7 Å². The largest absolute Gasteiger partial charge is 0.323 e. The molecule has 0 aliphatic carbocycles. The first-order chi connectivity index (χ1) is 5.74. The van der Waals surface area contributed by atoms with Crippen LogP contribution in [0.25, 0.3) is 0 Å². The number of aromatic nitrogens is 1. The van der Waals surface area contributed by atoms with Crippen LogP contribution in [0.3, 0.4) is 0 Å². The Hall–Kier alpha value is -0.0600. The number of nitrogens with zero attached hydrogens (tertiary/aromatic N) is 1. The van der Waals surface area contributed by atoms with E-state index in [1.807, 2.05) is 18.7 Å². The zero-order valence-electron chi connectivity index (χ0n) is 7.41. The summed E-state index contributed by atoms with van der Waals surface area (Å²) in [6.45, 7) is 4.12. The first-order valence-electron chi connectivity index (χ1n) is 4.01. The molecule has 0 bridgehead atoms. The maximum atomic E-state index is 5.69. The van der Waals surface area contributed by atoms with Gasteiger partial charge in [-0.25, -0.2) is 4.98 Å². The van der Waals surface area contributed by atoms with E-state index in [2.05, 4.69) is 17.3 Å². The van der Waals surface area contributed by atoms with Gasteiger partial charge in [0.1, 0.15) is 5.01 Å². The van der Waals surface area contributed by atoms with Gasteiger partial charge in [0.15, 0.2) is 0 Å². The molecule has 12 heavy (non-hydrogen) atoms. The lowest BCUT2D eigenvalue weighted by Crippen LogP contribution is -2.05. The highest BCUT2D eigenvalue weighted by molar-refractivity contribution is 7.98. The van der Waals surface area contributed by atoms with Gasteiger partial charge in [0, 0.05) is 17.2 Å². The molecule has 1 heterocycles. The van der Waals surface area contributed by atoms with Crippen molar-refractivity contribution in [1.82, 2.24) is 4.98 Å². The van der Waals surface area contributed by atoms with Crippen LogP contribution in [0.1, 0.15) is 30.6 Å². The second-order valence-electron chi connectivity index (χ2n) is 2.59. The van der Waals surface area contributed by atoms with Crippen molar-refractivity contribution in [3.05, 3.63) is 16.1 Å². The van der Waals surface area contributed by atoms with Gasteiger partial charge >= 0.3 is 0 Å². The van der Waals surface area contributed by atoms with Crippen LogP contribution >= 0.6 is 23.1 Å². The number of nitrogens with two attached hydrogens (primary N) is 1. The number of thioether (sulfide) groups is 1. The van der Waals surface area contributed by atoms with E-state index in [1.165, 1.54) is 5.01 Å². The molecule has 0 radical (unpaired) electrons. The topological polar surface area (TPSA) is 38.9 Å². The van der Waals surface area contributed by atoms with Gasteiger partial charge in [-0.1, -0.05) is 6.92 Å². The molecule has 0 saturated carbocycles. The van der Waals surface area contributed by atoms with E-state index >= 15 is 0 Å². The highest BCUT2D eigenvalue weighted by atomic mass is 32.2. The van der Waals surface area contributed by atoms with Crippen LogP contribution in [-0.4, -0.2) is 10.7 Å². The molecule has 0 aliphatic heterocycles. The van der Waals surface area contributed by atoms with Crippen LogP contribution in [0.4, 0.5) is 0 Å². The predicted octanol–water partition coefficient (Wildman–Crippen LogP) is 2.42. The van der Waals surface area contributed by atoms with E-state index in [9.17, 15) is 0 Å². The summed E-state index contributed by atoms with van der Waals surface area (Å²) < 4.78 is 0. The molecule has 0 fully saturated rings. The third-order valence-electron chi connectivity index (χ3n) is 1.47. The van der Waals surface area contributed by atoms with E-state index < -0.39 is 0 Å². The van der Waals surface area contributed by atoms with Gasteiger partial charge in [0.25, 0.3) is 0 Å². The van der Waals surface area contributed by atoms with Crippen molar-refractivity contribution in [3.63, 3.8) is 0 Å². The summed E-state index contributed by atoms with van der Waals surface area (Å²) in [5.41, 5.74) is 6.71. The minimum Gasteiger partial charge on any atom is -0.323 e. The summed E-state index contributed by atoms with van der Waals surface area (Å²) in [7, 11) is 0. The average Bonchev–Trinajstić information content (AvgIpc) is 2.48. The normalized spacial score (nSPS) is 13.2. The quantitative estimate of drug-likeness (QED) is 0.815. The highest BCUT2D eigenvalue weighted by Gasteiger charge is 2.04. The van der Waals surface area contributed by atoms with Gasteiger partial charge < -0.3 is 5.73 Å². The Balaban J connectivity index is 2.52. The van der Waals surface area contributed by atoms with Gasteiger partial charge in [-0.15, -0.1) is 11.3 Å². The Bertz CT molecular complexity index is 233. The molecular formula is C8H14N2S2. The highest BCUT2D eigenvalue weighted by Crippen LogP contribution is 2.19. The van der Waals surface area contributed by atoms with E-state index in [0.29, 0.717) is 0 Å². The molecule has 1 unspecified atom stereocenters. The molecule has 0 aromatic carbocycles. The maximum Gasteiger partial charge on any atom is 0.103 e. The molecule has 2 N–H and O–H groups in total. The Morgan fingerprint density at radius 1 is 1.75 bits per heavy atom. The third-order valence-corrected chi connectivity index (χ3v) is 3.40. The second-order valence-corrected chi connectivity index (χ2v) is 4.81. The minimum atomic E-state index is 0.0710. The molecule has 1 atom stereocenters. The van der Waals surface area contributed by atoms with Crippen LogP contribution in [-0.2, 0) is 5.75 Å². The zero-order chi connectivity index (χ0) is 8.97. The summed E-state index contributed by atoms with van der Waals surface area (Å²) in [6.07, 6.45) is 0. The van der Waals surface area contributed by atoms with Gasteiger partial charge in [-0.2, -0.15) is 11.8 Å². The lowest BCUT2D eigenvalue weighted by atomic mass is 10.3. The number of hydrogen-bond acceptors (Lipinski definition) is 4. The lowest BCUT2D eigenvalue weighted by molar-refractivity contribution is 0.785. The van der Waals surface area contributed by atoms with E-state index in [-0.39, 0.29) is 6.04 Å². The second kappa shape index (κ2) is 4.84. The molecule has 4 heteroatoms. The molecule has 0 saturated heterocycles. The predicted molar refractivity (Wildman–Crippen MR) is 56.6 cm³/mol. The fourth-order valence-electron chi connectivity index (χ4n) is 0.790. The summed E-state index contributed by atoms with van der Waals surface area (Å²) in [5, 5.41) is 3.24. The smallest absolute Gasteiger partial charge is 0.103 e. The van der Waals surface area contributed by atoms with Gasteiger partial charge in [0.05, 0.1) is 5.69 Å². The third kappa shape index (κ3) is 2.77. The van der Waals surface area contributed by atoms with Crippen LogP contribution < -0.4 is 5.73 Å². The molecule has 68 valence electrons. The maximum absolute atomic E-state index is 5.69. The summed E-state index contributed by atoms with van der Waals surface area (Å²) >= 11 is 3.60. The van der Waals surface area contributed by atoms with E-state index in [0.717, 1.165) is 17.2 Å². The van der Waals surface area contributed by atoms with Crippen LogP contribution in [0.2, 0.25) is 0 Å². The minimum absolute atomic E-state index is 0.0710. The van der Waals surface area contributed by atoms with E-state index in [4.69, 9.17) is 5.73 Å². The fourth-order valence-corrected chi connectivity index (χ4v) is 2.44. The molecular weight excluding hydrogens is 188 g/mol. The monoisotopic (exact) mass is 202 g/mol. The van der Waals surface area contributed by atoms with Gasteiger partial charge in [0.2, 0.25) is 0 Å². The molecule has 1 aromatic rings. The van der Waals surface area contributed by atoms with Crippen molar-refractivity contribution in [2.45, 2.75) is 25.6 Å². The molecule has 2 nitrogen and oxygen atoms in total. The average molecular weight is 202 g/mol. The number of thiazole rings is 1. The molecule has 0 aliphatic rings. The Morgan fingerprint density at radius 3 is 3.00 bits per heavy atom. The van der Waals surface area contributed by atoms with E-state index in [1.54, 1.807) is 11.3 Å². The first-order valence-corrected chi connectivity index (χ1v) is 6.05. The van der Waals surface area contributed by atoms with Crippen molar-refractivity contribution in [2.75, 3.05) is 5.75 Å². The summed E-state index contributed by atoms with van der Waals surface area (Å²) in [5.74, 6) is 2.17. The van der Waals surface area contributed by atoms with Crippen LogP contribution in [0.15, 0.2) is 5.38 Å². The zero-order valence-corrected chi connectivity index (χ0v) is 9.04. The SMILES string of the molecule is CCSCc1nc(C(C)N)cs1. The van der Waals surface area contributed by atoms with Crippen LogP contribution in [0.5, 0.6) is 0 Å². The fraction of sp³-hybridized carbons (Fsp3) is 0.625. The standard InChI is InChI=1S/C8H14N2S2/c1-3-11-5-8-10-7(4-12-8)6(2)9/h4,6H,3,5,9H2,1-2H3. The van der Waals surface area contributed by atoms with Crippen molar-refractivity contribution < 1.29 is 0 Å². The number of hydrogen-bond donors (Lipinski definition) is 1. The van der Waals surface area contributed by atoms with Crippen molar-refractivity contribution in [1.29, 1.82) is 0 Å². The number of rotatable bonds is 4. The molecule has 0 amide bonds. The van der Waals surface area contributed by atoms with Crippen molar-refractivity contribution in [3.8, 4) is 0 Å².